The second-order valence-electron chi connectivity index (χ2n) is 2.75. The van der Waals surface area contributed by atoms with Crippen LogP contribution in [0.3, 0.4) is 0 Å². The Morgan fingerprint density at radius 1 is 1.50 bits per heavy atom. The summed E-state index contributed by atoms with van der Waals surface area (Å²) in [5.41, 5.74) is 1.62. The third-order valence-corrected chi connectivity index (χ3v) is 1.67. The first-order valence-corrected chi connectivity index (χ1v) is 3.72. The van der Waals surface area contributed by atoms with Crippen molar-refractivity contribution in [2.45, 2.75) is 6.92 Å². The van der Waals surface area contributed by atoms with Crippen LogP contribution in [0.4, 0.5) is 10.1 Å². The van der Waals surface area contributed by atoms with Gasteiger partial charge in [0.1, 0.15) is 23.9 Å². The number of rotatable bonds is 0. The van der Waals surface area contributed by atoms with Crippen molar-refractivity contribution in [1.29, 1.82) is 0 Å². The molecule has 0 radical (unpaired) electrons. The van der Waals surface area contributed by atoms with Gasteiger partial charge in [0, 0.05) is 6.07 Å². The largest absolute Gasteiger partial charge is 0.485 e. The van der Waals surface area contributed by atoms with Crippen LogP contribution < -0.4 is 4.74 Å². The normalized spacial score (nSPS) is 14.7. The summed E-state index contributed by atoms with van der Waals surface area (Å²) in [6.07, 6.45) is 0. The maximum atomic E-state index is 12.7. The molecule has 1 aromatic rings. The average molecular weight is 165 g/mol. The summed E-state index contributed by atoms with van der Waals surface area (Å²) in [4.78, 5) is 4.21. The van der Waals surface area contributed by atoms with Gasteiger partial charge in [0.15, 0.2) is 0 Å². The number of hydrogen-bond donors (Lipinski definition) is 0. The molecule has 0 saturated carbocycles. The number of halogens is 1. The van der Waals surface area contributed by atoms with Gasteiger partial charge in [-0.3, -0.25) is 4.99 Å². The molecule has 0 amide bonds. The van der Waals surface area contributed by atoms with Crippen molar-refractivity contribution in [3.05, 3.63) is 24.0 Å². The molecule has 0 unspecified atom stereocenters. The summed E-state index contributed by atoms with van der Waals surface area (Å²) in [6.45, 7) is 2.34. The van der Waals surface area contributed by atoms with Crippen molar-refractivity contribution in [2.24, 2.45) is 4.99 Å². The lowest BCUT2D eigenvalue weighted by Gasteiger charge is -2.14. The number of ether oxygens (including phenoxy) is 1. The van der Waals surface area contributed by atoms with Gasteiger partial charge in [-0.15, -0.1) is 0 Å². The van der Waals surface area contributed by atoms with Gasteiger partial charge in [-0.2, -0.15) is 0 Å². The lowest BCUT2D eigenvalue weighted by Crippen LogP contribution is -2.11. The zero-order chi connectivity index (χ0) is 8.55. The van der Waals surface area contributed by atoms with Crippen molar-refractivity contribution < 1.29 is 9.13 Å². The Morgan fingerprint density at radius 2 is 2.33 bits per heavy atom. The van der Waals surface area contributed by atoms with Gasteiger partial charge in [0.05, 0.1) is 5.71 Å². The summed E-state index contributed by atoms with van der Waals surface area (Å²) in [5.74, 6) is 0.240. The second kappa shape index (κ2) is 2.59. The molecule has 0 atom stereocenters. The highest BCUT2D eigenvalue weighted by molar-refractivity contribution is 5.88. The van der Waals surface area contributed by atoms with E-state index in [9.17, 15) is 4.39 Å². The lowest BCUT2D eigenvalue weighted by molar-refractivity contribution is 0.369. The van der Waals surface area contributed by atoms with Gasteiger partial charge >= 0.3 is 0 Å². The molecular formula is C9H8FNO. The fourth-order valence-electron chi connectivity index (χ4n) is 1.12. The molecule has 0 saturated heterocycles. The molecule has 12 heavy (non-hydrogen) atoms. The molecule has 0 N–H and O–H groups in total. The molecule has 0 aliphatic carbocycles. The predicted molar refractivity (Wildman–Crippen MR) is 44.7 cm³/mol. The zero-order valence-corrected chi connectivity index (χ0v) is 6.67. The van der Waals surface area contributed by atoms with E-state index in [4.69, 9.17) is 4.74 Å². The molecule has 0 aromatic heterocycles. The molecule has 1 aromatic carbocycles. The van der Waals surface area contributed by atoms with Crippen LogP contribution in [0, 0.1) is 5.82 Å². The maximum absolute atomic E-state index is 12.7. The Kier molecular flexibility index (Phi) is 1.57. The molecule has 0 fully saturated rings. The summed E-state index contributed by atoms with van der Waals surface area (Å²) < 4.78 is 17.9. The van der Waals surface area contributed by atoms with Crippen molar-refractivity contribution in [3.8, 4) is 5.75 Å². The van der Waals surface area contributed by atoms with Gasteiger partial charge < -0.3 is 4.74 Å². The lowest BCUT2D eigenvalue weighted by atomic mass is 10.2. The minimum absolute atomic E-state index is 0.288. The molecule has 0 bridgehead atoms. The van der Waals surface area contributed by atoms with Crippen LogP contribution >= 0.6 is 0 Å². The van der Waals surface area contributed by atoms with E-state index >= 15 is 0 Å². The molecule has 0 spiro atoms. The smallest absolute Gasteiger partial charge is 0.148 e. The fourth-order valence-corrected chi connectivity index (χ4v) is 1.12. The zero-order valence-electron chi connectivity index (χ0n) is 6.67. The number of aliphatic imine (C=N–C) groups is 1. The molecular weight excluding hydrogens is 157 g/mol. The van der Waals surface area contributed by atoms with Crippen molar-refractivity contribution in [2.75, 3.05) is 6.61 Å². The van der Waals surface area contributed by atoms with Crippen LogP contribution in [0.15, 0.2) is 23.2 Å². The van der Waals surface area contributed by atoms with Gasteiger partial charge in [-0.05, 0) is 19.1 Å². The minimum atomic E-state index is -0.288. The SMILES string of the molecule is CC1=Nc2ccc(F)cc2OC1. The van der Waals surface area contributed by atoms with E-state index in [2.05, 4.69) is 4.99 Å². The van der Waals surface area contributed by atoms with E-state index in [-0.39, 0.29) is 5.82 Å². The minimum Gasteiger partial charge on any atom is -0.485 e. The molecule has 1 heterocycles. The number of fused-ring (bicyclic) bond motifs is 1. The van der Waals surface area contributed by atoms with Crippen molar-refractivity contribution in [1.82, 2.24) is 0 Å². The van der Waals surface area contributed by atoms with E-state index in [0.29, 0.717) is 18.0 Å². The average Bonchev–Trinajstić information content (AvgIpc) is 2.05. The van der Waals surface area contributed by atoms with Gasteiger partial charge in [0.25, 0.3) is 0 Å². The summed E-state index contributed by atoms with van der Waals surface area (Å²) in [6, 6.07) is 4.35. The van der Waals surface area contributed by atoms with Crippen LogP contribution in [0.5, 0.6) is 5.75 Å². The topological polar surface area (TPSA) is 21.6 Å². The van der Waals surface area contributed by atoms with Crippen LogP contribution in [0.2, 0.25) is 0 Å². The monoisotopic (exact) mass is 165 g/mol. The summed E-state index contributed by atoms with van der Waals surface area (Å²) in [7, 11) is 0. The van der Waals surface area contributed by atoms with E-state index in [1.807, 2.05) is 6.92 Å². The number of benzene rings is 1. The first-order valence-electron chi connectivity index (χ1n) is 3.72. The van der Waals surface area contributed by atoms with Crippen LogP contribution in [0.25, 0.3) is 0 Å². The van der Waals surface area contributed by atoms with Crippen LogP contribution in [-0.2, 0) is 0 Å². The highest BCUT2D eigenvalue weighted by Crippen LogP contribution is 2.30. The van der Waals surface area contributed by atoms with Crippen molar-refractivity contribution >= 4 is 11.4 Å². The molecule has 1 aliphatic heterocycles. The number of nitrogens with zero attached hydrogens (tertiary/aromatic N) is 1. The predicted octanol–water partition coefficient (Wildman–Crippen LogP) is 2.31. The summed E-state index contributed by atoms with van der Waals surface area (Å²) >= 11 is 0. The Morgan fingerprint density at radius 3 is 3.17 bits per heavy atom. The first kappa shape index (κ1) is 7.28. The van der Waals surface area contributed by atoms with Crippen LogP contribution in [0.1, 0.15) is 6.92 Å². The van der Waals surface area contributed by atoms with E-state index < -0.39 is 0 Å². The van der Waals surface area contributed by atoms with E-state index in [1.54, 1.807) is 6.07 Å². The molecule has 1 aliphatic rings. The second-order valence-corrected chi connectivity index (χ2v) is 2.75. The van der Waals surface area contributed by atoms with Gasteiger partial charge in [0.2, 0.25) is 0 Å². The highest BCUT2D eigenvalue weighted by Gasteiger charge is 2.10. The molecule has 2 nitrogen and oxygen atoms in total. The fraction of sp³-hybridized carbons (Fsp3) is 0.222. The Balaban J connectivity index is 2.51. The Labute approximate surface area is 69.7 Å². The van der Waals surface area contributed by atoms with Gasteiger partial charge in [-0.25, -0.2) is 4.39 Å². The standard InChI is InChI=1S/C9H8FNO/c1-6-5-12-9-4-7(10)2-3-8(9)11-6/h2-4H,5H2,1H3. The van der Waals surface area contributed by atoms with Crippen molar-refractivity contribution in [3.63, 3.8) is 0 Å². The molecule has 62 valence electrons. The Bertz CT molecular complexity index is 346. The first-order chi connectivity index (χ1) is 5.75. The van der Waals surface area contributed by atoms with Crippen LogP contribution in [-0.4, -0.2) is 12.3 Å². The van der Waals surface area contributed by atoms with E-state index in [0.717, 1.165) is 5.71 Å². The van der Waals surface area contributed by atoms with Gasteiger partial charge in [-0.1, -0.05) is 0 Å². The highest BCUT2D eigenvalue weighted by atomic mass is 19.1. The summed E-state index contributed by atoms with van der Waals surface area (Å²) in [5, 5.41) is 0. The maximum Gasteiger partial charge on any atom is 0.148 e. The van der Waals surface area contributed by atoms with E-state index in [1.165, 1.54) is 12.1 Å². The molecule has 3 heteroatoms. The third-order valence-electron chi connectivity index (χ3n) is 1.67. The third kappa shape index (κ3) is 1.18. The Hall–Kier alpha value is -1.38. The number of hydrogen-bond acceptors (Lipinski definition) is 2. The molecule has 2 rings (SSSR count). The quantitative estimate of drug-likeness (QED) is 0.578.